The van der Waals surface area contributed by atoms with Gasteiger partial charge < -0.3 is 10.5 Å². The maximum absolute atomic E-state index is 13.9. The quantitative estimate of drug-likeness (QED) is 0.732. The fraction of sp³-hybridized carbons (Fsp3) is 0.143. The molecule has 0 atom stereocenters. The van der Waals surface area contributed by atoms with Crippen molar-refractivity contribution in [3.05, 3.63) is 61.5 Å². The van der Waals surface area contributed by atoms with Crippen LogP contribution in [0, 0.1) is 11.6 Å². The van der Waals surface area contributed by atoms with Gasteiger partial charge in [0.2, 0.25) is 0 Å². The van der Waals surface area contributed by atoms with Gasteiger partial charge in [-0.05, 0) is 40.2 Å². The molecule has 2 aromatic rings. The predicted octanol–water partition coefficient (Wildman–Crippen LogP) is 5.07. The van der Waals surface area contributed by atoms with Crippen molar-refractivity contribution in [2.75, 3.05) is 0 Å². The number of ether oxygens (including phenoxy) is 1. The molecule has 0 amide bonds. The number of nitrogens with two attached hydrogens (primary N) is 1. The fourth-order valence-electron chi connectivity index (χ4n) is 1.77. The van der Waals surface area contributed by atoms with Crippen LogP contribution < -0.4 is 10.5 Å². The van der Waals surface area contributed by atoms with Crippen molar-refractivity contribution in [3.8, 4) is 5.75 Å². The second-order valence-electron chi connectivity index (χ2n) is 4.19. The lowest BCUT2D eigenvalue weighted by Gasteiger charge is -2.14. The van der Waals surface area contributed by atoms with E-state index in [1.165, 1.54) is 12.1 Å². The molecule has 2 nitrogen and oxygen atoms in total. The SMILES string of the molecule is NCc1cc(Cl)cc(Cl)c1OCc1c(F)ccc(Br)c1F. The molecule has 0 fully saturated rings. The highest BCUT2D eigenvalue weighted by atomic mass is 79.9. The summed E-state index contributed by atoms with van der Waals surface area (Å²) in [5.74, 6) is -1.15. The molecular formula is C14H10BrCl2F2NO. The van der Waals surface area contributed by atoms with Crippen LogP contribution in [0.1, 0.15) is 11.1 Å². The topological polar surface area (TPSA) is 35.2 Å². The van der Waals surface area contributed by atoms with Crippen molar-refractivity contribution in [3.63, 3.8) is 0 Å². The van der Waals surface area contributed by atoms with E-state index in [2.05, 4.69) is 15.9 Å². The average Bonchev–Trinajstić information content (AvgIpc) is 2.44. The van der Waals surface area contributed by atoms with E-state index in [-0.39, 0.29) is 34.0 Å². The van der Waals surface area contributed by atoms with Crippen LogP contribution in [0.3, 0.4) is 0 Å². The Kier molecular flexibility index (Phi) is 5.43. The third-order valence-corrected chi connectivity index (χ3v) is 3.92. The maximum atomic E-state index is 13.9. The van der Waals surface area contributed by atoms with Crippen molar-refractivity contribution >= 4 is 39.1 Å². The molecule has 2 aromatic carbocycles. The van der Waals surface area contributed by atoms with Gasteiger partial charge in [0.25, 0.3) is 0 Å². The summed E-state index contributed by atoms with van der Waals surface area (Å²) in [5.41, 5.74) is 5.95. The third kappa shape index (κ3) is 3.66. The molecule has 0 heterocycles. The molecule has 112 valence electrons. The summed E-state index contributed by atoms with van der Waals surface area (Å²) >= 11 is 14.9. The zero-order valence-corrected chi connectivity index (χ0v) is 13.7. The van der Waals surface area contributed by atoms with Crippen LogP contribution in [-0.2, 0) is 13.2 Å². The lowest BCUT2D eigenvalue weighted by molar-refractivity contribution is 0.289. The predicted molar refractivity (Wildman–Crippen MR) is 82.7 cm³/mol. The van der Waals surface area contributed by atoms with Gasteiger partial charge >= 0.3 is 0 Å². The van der Waals surface area contributed by atoms with E-state index >= 15 is 0 Å². The van der Waals surface area contributed by atoms with Crippen LogP contribution in [0.25, 0.3) is 0 Å². The van der Waals surface area contributed by atoms with Crippen LogP contribution in [0.4, 0.5) is 8.78 Å². The number of rotatable bonds is 4. The minimum Gasteiger partial charge on any atom is -0.487 e. The fourth-order valence-corrected chi connectivity index (χ4v) is 2.73. The standard InChI is InChI=1S/C14H10BrCl2F2NO/c15-10-1-2-12(18)9(13(10)19)6-21-14-7(5-20)3-8(16)4-11(14)17/h1-4H,5-6,20H2. The van der Waals surface area contributed by atoms with Crippen molar-refractivity contribution in [2.45, 2.75) is 13.2 Å². The molecule has 0 aliphatic heterocycles. The molecule has 0 aliphatic carbocycles. The Bertz CT molecular complexity index is 683. The molecule has 2 rings (SSSR count). The van der Waals surface area contributed by atoms with Gasteiger partial charge in [0.1, 0.15) is 24.0 Å². The smallest absolute Gasteiger partial charge is 0.146 e. The van der Waals surface area contributed by atoms with Crippen LogP contribution in [0.15, 0.2) is 28.7 Å². The van der Waals surface area contributed by atoms with Crippen LogP contribution in [0.5, 0.6) is 5.75 Å². The summed E-state index contributed by atoms with van der Waals surface area (Å²) in [6.45, 7) is -0.176. The molecule has 21 heavy (non-hydrogen) atoms. The summed E-state index contributed by atoms with van der Waals surface area (Å²) in [6, 6.07) is 5.51. The summed E-state index contributed by atoms with van der Waals surface area (Å²) in [6.07, 6.45) is 0. The van der Waals surface area contributed by atoms with Gasteiger partial charge in [0.15, 0.2) is 0 Å². The van der Waals surface area contributed by atoms with E-state index in [0.717, 1.165) is 6.07 Å². The largest absolute Gasteiger partial charge is 0.487 e. The lowest BCUT2D eigenvalue weighted by Crippen LogP contribution is -2.06. The molecule has 0 aromatic heterocycles. The monoisotopic (exact) mass is 395 g/mol. The van der Waals surface area contributed by atoms with Gasteiger partial charge in [-0.1, -0.05) is 23.2 Å². The van der Waals surface area contributed by atoms with Crippen molar-refractivity contribution in [1.82, 2.24) is 0 Å². The molecule has 0 aliphatic rings. The molecule has 0 saturated carbocycles. The third-order valence-electron chi connectivity index (χ3n) is 2.80. The van der Waals surface area contributed by atoms with Crippen LogP contribution in [-0.4, -0.2) is 0 Å². The summed E-state index contributed by atoms with van der Waals surface area (Å²) in [7, 11) is 0. The second kappa shape index (κ2) is 6.92. The highest BCUT2D eigenvalue weighted by molar-refractivity contribution is 9.10. The lowest BCUT2D eigenvalue weighted by atomic mass is 10.2. The van der Waals surface area contributed by atoms with Gasteiger partial charge in [-0.2, -0.15) is 0 Å². The summed E-state index contributed by atoms with van der Waals surface area (Å²) in [4.78, 5) is 0. The zero-order valence-electron chi connectivity index (χ0n) is 10.6. The second-order valence-corrected chi connectivity index (χ2v) is 5.89. The van der Waals surface area contributed by atoms with Gasteiger partial charge in [0.05, 0.1) is 15.1 Å². The molecule has 2 N–H and O–H groups in total. The number of benzene rings is 2. The molecule has 0 bridgehead atoms. The minimum atomic E-state index is -0.714. The number of hydrogen-bond donors (Lipinski definition) is 1. The zero-order chi connectivity index (χ0) is 15.6. The Labute approximate surface area is 138 Å². The Balaban J connectivity index is 2.31. The Hall–Kier alpha value is -0.880. The molecule has 7 heteroatoms. The first-order valence-electron chi connectivity index (χ1n) is 5.87. The average molecular weight is 397 g/mol. The van der Waals surface area contributed by atoms with Gasteiger partial charge in [-0.3, -0.25) is 0 Å². The van der Waals surface area contributed by atoms with Crippen molar-refractivity contribution in [2.24, 2.45) is 5.73 Å². The van der Waals surface area contributed by atoms with E-state index in [9.17, 15) is 8.78 Å². The summed E-state index contributed by atoms with van der Waals surface area (Å²) in [5, 5.41) is 0.645. The number of hydrogen-bond acceptors (Lipinski definition) is 2. The molecule has 0 unspecified atom stereocenters. The first-order valence-corrected chi connectivity index (χ1v) is 7.42. The van der Waals surface area contributed by atoms with E-state index in [1.807, 2.05) is 0 Å². The van der Waals surface area contributed by atoms with Crippen LogP contribution in [0.2, 0.25) is 10.0 Å². The summed E-state index contributed by atoms with van der Waals surface area (Å²) < 4.78 is 33.1. The van der Waals surface area contributed by atoms with E-state index < -0.39 is 11.6 Å². The van der Waals surface area contributed by atoms with E-state index in [0.29, 0.717) is 10.6 Å². The first kappa shape index (κ1) is 16.5. The Morgan fingerprint density at radius 2 is 1.90 bits per heavy atom. The minimum absolute atomic E-state index is 0.138. The first-order chi connectivity index (χ1) is 9.93. The van der Waals surface area contributed by atoms with E-state index in [4.69, 9.17) is 33.7 Å². The highest BCUT2D eigenvalue weighted by Gasteiger charge is 2.15. The van der Waals surface area contributed by atoms with Gasteiger partial charge in [0, 0.05) is 17.1 Å². The normalized spacial score (nSPS) is 10.8. The van der Waals surface area contributed by atoms with Gasteiger partial charge in [-0.15, -0.1) is 0 Å². The number of halogens is 5. The molecule has 0 spiro atoms. The van der Waals surface area contributed by atoms with Crippen molar-refractivity contribution < 1.29 is 13.5 Å². The molecule has 0 saturated heterocycles. The Morgan fingerprint density at radius 1 is 1.19 bits per heavy atom. The molecule has 0 radical (unpaired) electrons. The van der Waals surface area contributed by atoms with Crippen molar-refractivity contribution in [1.29, 1.82) is 0 Å². The Morgan fingerprint density at radius 3 is 2.57 bits per heavy atom. The highest BCUT2D eigenvalue weighted by Crippen LogP contribution is 2.33. The van der Waals surface area contributed by atoms with Crippen LogP contribution >= 0.6 is 39.1 Å². The van der Waals surface area contributed by atoms with Gasteiger partial charge in [-0.25, -0.2) is 8.78 Å². The maximum Gasteiger partial charge on any atom is 0.146 e. The van der Waals surface area contributed by atoms with E-state index in [1.54, 1.807) is 6.07 Å². The molecular weight excluding hydrogens is 387 g/mol.